The highest BCUT2D eigenvalue weighted by molar-refractivity contribution is 7.16. The van der Waals surface area contributed by atoms with Crippen molar-refractivity contribution in [1.29, 1.82) is 0 Å². The van der Waals surface area contributed by atoms with Crippen molar-refractivity contribution in [2.45, 2.75) is 13.3 Å². The van der Waals surface area contributed by atoms with E-state index in [0.29, 0.717) is 32.8 Å². The first-order valence-electron chi connectivity index (χ1n) is 6.65. The van der Waals surface area contributed by atoms with Gasteiger partial charge >= 0.3 is 5.97 Å². The van der Waals surface area contributed by atoms with E-state index in [-0.39, 0.29) is 12.3 Å². The van der Waals surface area contributed by atoms with Crippen molar-refractivity contribution in [2.75, 3.05) is 19.5 Å². The molecule has 1 aromatic heterocycles. The lowest BCUT2D eigenvalue weighted by Gasteiger charge is -2.08. The Morgan fingerprint density at radius 2 is 1.83 bits per heavy atom. The maximum atomic E-state index is 12.3. The molecule has 0 aliphatic carbocycles. The van der Waals surface area contributed by atoms with Gasteiger partial charge in [0.25, 0.3) is 5.91 Å². The van der Waals surface area contributed by atoms with Crippen molar-refractivity contribution in [3.63, 3.8) is 0 Å². The number of benzene rings is 1. The molecule has 0 fully saturated rings. The molecule has 0 radical (unpaired) electrons. The van der Waals surface area contributed by atoms with Gasteiger partial charge in [-0.2, -0.15) is 0 Å². The summed E-state index contributed by atoms with van der Waals surface area (Å²) >= 11 is 1.14. The number of carbonyl (C=O) groups is 2. The SMILES string of the molecule is COc1cc(OC)cc(C(=O)Nc2nc(C)c(CC(=O)O)s2)c1. The Kier molecular flexibility index (Phi) is 5.17. The number of rotatable bonds is 6. The second kappa shape index (κ2) is 7.10. The van der Waals surface area contributed by atoms with Crippen molar-refractivity contribution >= 4 is 28.3 Å². The molecule has 7 nitrogen and oxygen atoms in total. The summed E-state index contributed by atoms with van der Waals surface area (Å²) in [5.41, 5.74) is 0.949. The lowest BCUT2D eigenvalue weighted by Crippen LogP contribution is -2.12. The van der Waals surface area contributed by atoms with Crippen molar-refractivity contribution < 1.29 is 24.2 Å². The van der Waals surface area contributed by atoms with Crippen LogP contribution in [-0.2, 0) is 11.2 Å². The number of aryl methyl sites for hydroxylation is 1. The van der Waals surface area contributed by atoms with Gasteiger partial charge in [-0.1, -0.05) is 0 Å². The normalized spacial score (nSPS) is 10.2. The third-order valence-corrected chi connectivity index (χ3v) is 4.11. The molecule has 0 bridgehead atoms. The minimum atomic E-state index is -0.938. The highest BCUT2D eigenvalue weighted by atomic mass is 32.1. The summed E-state index contributed by atoms with van der Waals surface area (Å²) in [5, 5.41) is 11.9. The Hall–Kier alpha value is -2.61. The van der Waals surface area contributed by atoms with E-state index in [0.717, 1.165) is 11.3 Å². The molecule has 0 unspecified atom stereocenters. The number of nitrogens with zero attached hydrogens (tertiary/aromatic N) is 1. The quantitative estimate of drug-likeness (QED) is 0.840. The molecule has 1 heterocycles. The van der Waals surface area contributed by atoms with Crippen LogP contribution < -0.4 is 14.8 Å². The van der Waals surface area contributed by atoms with E-state index < -0.39 is 5.97 Å². The van der Waals surface area contributed by atoms with Crippen LogP contribution in [-0.4, -0.2) is 36.2 Å². The van der Waals surface area contributed by atoms with Gasteiger partial charge in [-0.05, 0) is 19.1 Å². The standard InChI is InChI=1S/C15H16N2O5S/c1-8-12(7-13(18)19)23-15(16-8)17-14(20)9-4-10(21-2)6-11(5-9)22-3/h4-6H,7H2,1-3H3,(H,18,19)(H,16,17,20). The largest absolute Gasteiger partial charge is 0.497 e. The number of nitrogens with one attached hydrogen (secondary N) is 1. The molecule has 0 aliphatic heterocycles. The number of thiazole rings is 1. The average molecular weight is 336 g/mol. The van der Waals surface area contributed by atoms with Gasteiger partial charge < -0.3 is 14.6 Å². The number of hydrogen-bond acceptors (Lipinski definition) is 6. The predicted octanol–water partition coefficient (Wildman–Crippen LogP) is 2.35. The Morgan fingerprint density at radius 3 is 2.35 bits per heavy atom. The van der Waals surface area contributed by atoms with Crippen LogP contribution in [0, 0.1) is 6.92 Å². The predicted molar refractivity (Wildman–Crippen MR) is 85.7 cm³/mol. The molecule has 0 saturated heterocycles. The molecule has 0 aliphatic rings. The minimum absolute atomic E-state index is 0.119. The molecule has 1 amide bonds. The number of carbonyl (C=O) groups excluding carboxylic acids is 1. The number of aromatic nitrogens is 1. The zero-order valence-corrected chi connectivity index (χ0v) is 13.7. The smallest absolute Gasteiger partial charge is 0.308 e. The zero-order valence-electron chi connectivity index (χ0n) is 12.9. The monoisotopic (exact) mass is 336 g/mol. The van der Waals surface area contributed by atoms with Crippen molar-refractivity contribution in [1.82, 2.24) is 4.98 Å². The molecule has 0 atom stereocenters. The Morgan fingerprint density at radius 1 is 1.22 bits per heavy atom. The van der Waals surface area contributed by atoms with Crippen LogP contribution in [0.4, 0.5) is 5.13 Å². The van der Waals surface area contributed by atoms with Crippen LogP contribution in [0.15, 0.2) is 18.2 Å². The first-order chi connectivity index (χ1) is 10.9. The first-order valence-corrected chi connectivity index (χ1v) is 7.47. The second-order valence-electron chi connectivity index (χ2n) is 4.65. The molecule has 0 saturated carbocycles. The molecule has 1 aromatic carbocycles. The van der Waals surface area contributed by atoms with Gasteiger partial charge in [0.05, 0.1) is 26.3 Å². The van der Waals surface area contributed by atoms with Gasteiger partial charge in [-0.25, -0.2) is 4.98 Å². The lowest BCUT2D eigenvalue weighted by molar-refractivity contribution is -0.136. The fraction of sp³-hybridized carbons (Fsp3) is 0.267. The van der Waals surface area contributed by atoms with E-state index in [1.54, 1.807) is 25.1 Å². The molecule has 8 heteroatoms. The molecule has 2 aromatic rings. The summed E-state index contributed by atoms with van der Waals surface area (Å²) in [5.74, 6) is -0.322. The van der Waals surface area contributed by atoms with Crippen molar-refractivity contribution in [2.24, 2.45) is 0 Å². The highest BCUT2D eigenvalue weighted by Gasteiger charge is 2.15. The van der Waals surface area contributed by atoms with Gasteiger partial charge in [-0.15, -0.1) is 11.3 Å². The number of carboxylic acids is 1. The molecular weight excluding hydrogens is 320 g/mol. The number of amides is 1. The number of aliphatic carboxylic acids is 1. The van der Waals surface area contributed by atoms with Crippen LogP contribution in [0.3, 0.4) is 0 Å². The number of ether oxygens (including phenoxy) is 2. The van der Waals surface area contributed by atoms with Gasteiger partial charge in [0.2, 0.25) is 0 Å². The summed E-state index contributed by atoms with van der Waals surface area (Å²) in [7, 11) is 3.00. The highest BCUT2D eigenvalue weighted by Crippen LogP contribution is 2.26. The second-order valence-corrected chi connectivity index (χ2v) is 5.74. The maximum Gasteiger partial charge on any atom is 0.308 e. The summed E-state index contributed by atoms with van der Waals surface area (Å²) < 4.78 is 10.3. The summed E-state index contributed by atoms with van der Waals surface area (Å²) in [6, 6.07) is 4.82. The number of carboxylic acid groups (broad SMARTS) is 1. The van der Waals surface area contributed by atoms with E-state index in [4.69, 9.17) is 14.6 Å². The zero-order chi connectivity index (χ0) is 17.0. The van der Waals surface area contributed by atoms with Gasteiger partial charge in [0, 0.05) is 16.5 Å². The van der Waals surface area contributed by atoms with Gasteiger partial charge in [0.1, 0.15) is 11.5 Å². The lowest BCUT2D eigenvalue weighted by atomic mass is 10.2. The van der Waals surface area contributed by atoms with E-state index in [2.05, 4.69) is 10.3 Å². The van der Waals surface area contributed by atoms with Crippen LogP contribution >= 0.6 is 11.3 Å². The third kappa shape index (κ3) is 4.19. The van der Waals surface area contributed by atoms with E-state index >= 15 is 0 Å². The summed E-state index contributed by atoms with van der Waals surface area (Å²) in [6.45, 7) is 1.71. The molecule has 2 rings (SSSR count). The van der Waals surface area contributed by atoms with Crippen molar-refractivity contribution in [3.8, 4) is 11.5 Å². The first kappa shape index (κ1) is 16.8. The molecule has 122 valence electrons. The molecule has 0 spiro atoms. The molecule has 23 heavy (non-hydrogen) atoms. The van der Waals surface area contributed by atoms with Gasteiger partial charge in [-0.3, -0.25) is 14.9 Å². The summed E-state index contributed by atoms with van der Waals surface area (Å²) in [6.07, 6.45) is -0.119. The topological polar surface area (TPSA) is 97.8 Å². The minimum Gasteiger partial charge on any atom is -0.497 e. The number of anilines is 1. The third-order valence-electron chi connectivity index (χ3n) is 3.04. The average Bonchev–Trinajstić information content (AvgIpc) is 2.85. The Balaban J connectivity index is 2.20. The fourth-order valence-corrected chi connectivity index (χ4v) is 2.84. The molecule has 2 N–H and O–H groups in total. The Labute approximate surface area is 136 Å². The van der Waals surface area contributed by atoms with E-state index in [9.17, 15) is 9.59 Å². The van der Waals surface area contributed by atoms with Crippen LogP contribution in [0.2, 0.25) is 0 Å². The fourth-order valence-electron chi connectivity index (χ4n) is 1.89. The van der Waals surface area contributed by atoms with Crippen LogP contribution in [0.5, 0.6) is 11.5 Å². The van der Waals surface area contributed by atoms with E-state index in [1.807, 2.05) is 0 Å². The summed E-state index contributed by atoms with van der Waals surface area (Å²) in [4.78, 5) is 27.9. The van der Waals surface area contributed by atoms with E-state index in [1.165, 1.54) is 14.2 Å². The Bertz CT molecular complexity index is 719. The van der Waals surface area contributed by atoms with Gasteiger partial charge in [0.15, 0.2) is 5.13 Å². The number of methoxy groups -OCH3 is 2. The maximum absolute atomic E-state index is 12.3. The number of hydrogen-bond donors (Lipinski definition) is 2. The van der Waals surface area contributed by atoms with Crippen LogP contribution in [0.25, 0.3) is 0 Å². The van der Waals surface area contributed by atoms with Crippen molar-refractivity contribution in [3.05, 3.63) is 34.3 Å². The van der Waals surface area contributed by atoms with Crippen LogP contribution in [0.1, 0.15) is 20.9 Å². The molecular formula is C15H16N2O5S.